The second kappa shape index (κ2) is 8.39. The topological polar surface area (TPSA) is 81.4 Å². The molecule has 5 aromatic rings. The molecule has 10 rings (SSSR count). The summed E-state index contributed by atoms with van der Waals surface area (Å²) in [6, 6.07) is 18.0. The molecule has 1 spiro atoms. The van der Waals surface area contributed by atoms with Gasteiger partial charge < -0.3 is 20.6 Å². The molecule has 6 nitrogen and oxygen atoms in total. The van der Waals surface area contributed by atoms with Crippen LogP contribution in [0.4, 0.5) is 8.78 Å². The summed E-state index contributed by atoms with van der Waals surface area (Å²) in [6.07, 6.45) is 9.16. The molecule has 2 unspecified atom stereocenters. The molecular weight excluding hydrogens is 542 g/mol. The molecule has 2 saturated carbocycles. The lowest BCUT2D eigenvalue weighted by Gasteiger charge is -2.20. The molecule has 4 heterocycles. The highest BCUT2D eigenvalue weighted by Crippen LogP contribution is 2.55. The van der Waals surface area contributed by atoms with E-state index in [1.54, 1.807) is 18.3 Å². The molecule has 0 amide bonds. The third-order valence-corrected chi connectivity index (χ3v) is 11.0. The molecule has 0 radical (unpaired) electrons. The SMILES string of the molecule is FC1(F)c2cc(-c3ccc4nc([C@H]5NC6CC[C@H]5C6)[nH]c4c3)ccc2-c2ccc(-c3cnc(C4CC5(CC5)CN4)[nH]3)cc21. The van der Waals surface area contributed by atoms with Gasteiger partial charge in [-0.15, -0.1) is 0 Å². The number of nitrogens with one attached hydrogen (secondary N) is 4. The Bertz CT molecular complexity index is 1950. The number of hydrogen-bond donors (Lipinski definition) is 4. The van der Waals surface area contributed by atoms with Crippen molar-refractivity contribution >= 4 is 11.0 Å². The van der Waals surface area contributed by atoms with Crippen molar-refractivity contribution in [2.75, 3.05) is 6.54 Å². The minimum atomic E-state index is -3.09. The van der Waals surface area contributed by atoms with Gasteiger partial charge >= 0.3 is 0 Å². The zero-order valence-corrected chi connectivity index (χ0v) is 23.7. The highest BCUT2D eigenvalue weighted by molar-refractivity contribution is 5.86. The van der Waals surface area contributed by atoms with E-state index in [1.807, 2.05) is 42.5 Å². The molecule has 43 heavy (non-hydrogen) atoms. The van der Waals surface area contributed by atoms with Gasteiger partial charge in [0.25, 0.3) is 5.92 Å². The van der Waals surface area contributed by atoms with Gasteiger partial charge in [-0.3, -0.25) is 0 Å². The zero-order valence-electron chi connectivity index (χ0n) is 23.7. The molecular formula is C35H32F2N6. The number of nitrogens with zero attached hydrogens (tertiary/aromatic N) is 2. The molecule has 3 aliphatic carbocycles. The molecule has 5 aliphatic rings. The monoisotopic (exact) mass is 574 g/mol. The van der Waals surface area contributed by atoms with Crippen LogP contribution < -0.4 is 10.6 Å². The smallest absolute Gasteiger partial charge is 0.299 e. The average molecular weight is 575 g/mol. The second-order valence-electron chi connectivity index (χ2n) is 13.7. The number of aromatic amines is 2. The van der Waals surface area contributed by atoms with Crippen molar-refractivity contribution in [2.45, 2.75) is 62.6 Å². The van der Waals surface area contributed by atoms with E-state index in [4.69, 9.17) is 4.98 Å². The predicted octanol–water partition coefficient (Wildman–Crippen LogP) is 7.37. The minimum Gasteiger partial charge on any atom is -0.341 e. The fourth-order valence-electron chi connectivity index (χ4n) is 8.42. The van der Waals surface area contributed by atoms with Crippen LogP contribution in [0.25, 0.3) is 44.5 Å². The standard InChI is InChI=1S/C35H32F2N6/c36-35(37)25-12-18(19-4-8-27-28(14-19)42-33(41-27)31-21-1-5-22(11-21)40-31)2-6-23(25)24-7-3-20(13-26(24)35)30-16-38-32(43-30)29-15-34(9-10-34)17-39-29/h2-4,6-8,12-14,16,21-22,29,31,39-40H,1,5,9-11,15,17H2,(H,38,43)(H,41,42)/t21-,22?,29?,31-/m0/s1. The molecule has 2 bridgehead atoms. The molecule has 3 aromatic carbocycles. The van der Waals surface area contributed by atoms with Gasteiger partial charge in [0.2, 0.25) is 0 Å². The molecule has 4 fully saturated rings. The number of rotatable bonds is 4. The Balaban J connectivity index is 0.956. The fraction of sp³-hybridized carbons (Fsp3) is 0.371. The van der Waals surface area contributed by atoms with Crippen molar-refractivity contribution in [3.05, 3.63) is 83.6 Å². The van der Waals surface area contributed by atoms with Crippen molar-refractivity contribution in [1.29, 1.82) is 0 Å². The second-order valence-corrected chi connectivity index (χ2v) is 13.7. The Morgan fingerprint density at radius 1 is 0.814 bits per heavy atom. The maximum Gasteiger partial charge on any atom is 0.299 e. The molecule has 2 saturated heterocycles. The molecule has 8 heteroatoms. The largest absolute Gasteiger partial charge is 0.341 e. The van der Waals surface area contributed by atoms with Crippen LogP contribution in [0.2, 0.25) is 0 Å². The van der Waals surface area contributed by atoms with E-state index < -0.39 is 5.92 Å². The number of imidazole rings is 2. The Kier molecular flexibility index (Phi) is 4.79. The first kappa shape index (κ1) is 24.6. The summed E-state index contributed by atoms with van der Waals surface area (Å²) in [5, 5.41) is 7.29. The number of alkyl halides is 2. The normalized spacial score (nSPS) is 27.3. The van der Waals surface area contributed by atoms with Crippen molar-refractivity contribution in [2.24, 2.45) is 11.3 Å². The Labute approximate surface area is 247 Å². The van der Waals surface area contributed by atoms with Gasteiger partial charge in [0.15, 0.2) is 0 Å². The minimum absolute atomic E-state index is 0.0521. The van der Waals surface area contributed by atoms with Crippen molar-refractivity contribution in [1.82, 2.24) is 30.6 Å². The van der Waals surface area contributed by atoms with Crippen LogP contribution in [0.1, 0.15) is 73.4 Å². The summed E-state index contributed by atoms with van der Waals surface area (Å²) < 4.78 is 32.2. The first-order valence-electron chi connectivity index (χ1n) is 15.6. The predicted molar refractivity (Wildman–Crippen MR) is 162 cm³/mol. The summed E-state index contributed by atoms with van der Waals surface area (Å²) in [7, 11) is 0. The number of halogens is 2. The van der Waals surface area contributed by atoms with E-state index in [0.29, 0.717) is 28.5 Å². The lowest BCUT2D eigenvalue weighted by molar-refractivity contribution is 0.0481. The number of aromatic nitrogens is 4. The van der Waals surface area contributed by atoms with Crippen LogP contribution in [0.15, 0.2) is 60.8 Å². The van der Waals surface area contributed by atoms with Gasteiger partial charge in [-0.1, -0.05) is 30.3 Å². The van der Waals surface area contributed by atoms with E-state index >= 15 is 8.78 Å². The Morgan fingerprint density at radius 3 is 2.33 bits per heavy atom. The molecule has 216 valence electrons. The highest BCUT2D eigenvalue weighted by atomic mass is 19.3. The molecule has 2 aliphatic heterocycles. The van der Waals surface area contributed by atoms with Crippen LogP contribution in [0.5, 0.6) is 0 Å². The van der Waals surface area contributed by atoms with Crippen LogP contribution in [0, 0.1) is 11.3 Å². The van der Waals surface area contributed by atoms with E-state index in [0.717, 1.165) is 58.0 Å². The summed E-state index contributed by atoms with van der Waals surface area (Å²) in [4.78, 5) is 16.4. The van der Waals surface area contributed by atoms with Crippen LogP contribution in [0.3, 0.4) is 0 Å². The van der Waals surface area contributed by atoms with E-state index in [-0.39, 0.29) is 23.2 Å². The van der Waals surface area contributed by atoms with Crippen molar-refractivity contribution in [3.8, 4) is 33.5 Å². The third-order valence-electron chi connectivity index (χ3n) is 11.0. The molecule has 4 N–H and O–H groups in total. The number of benzene rings is 3. The first-order chi connectivity index (χ1) is 20.9. The third kappa shape index (κ3) is 3.63. The number of fused-ring (bicyclic) bond motifs is 6. The van der Waals surface area contributed by atoms with Gasteiger partial charge in [-0.05, 0) is 96.4 Å². The Hall–Kier alpha value is -3.88. The average Bonchev–Trinajstić information content (AvgIpc) is 3.68. The van der Waals surface area contributed by atoms with Gasteiger partial charge in [0.1, 0.15) is 11.6 Å². The Morgan fingerprint density at radius 2 is 1.58 bits per heavy atom. The lowest BCUT2D eigenvalue weighted by Crippen LogP contribution is -2.29. The summed E-state index contributed by atoms with van der Waals surface area (Å²) in [5.74, 6) is -0.571. The van der Waals surface area contributed by atoms with E-state index in [2.05, 4.69) is 25.6 Å². The van der Waals surface area contributed by atoms with Gasteiger partial charge in [-0.2, -0.15) is 8.78 Å². The molecule has 2 aromatic heterocycles. The van der Waals surface area contributed by atoms with Crippen LogP contribution in [-0.4, -0.2) is 32.5 Å². The summed E-state index contributed by atoms with van der Waals surface area (Å²) >= 11 is 0. The molecule has 4 atom stereocenters. The van der Waals surface area contributed by atoms with Crippen LogP contribution >= 0.6 is 0 Å². The summed E-state index contributed by atoms with van der Waals surface area (Å²) in [6.45, 7) is 1.04. The highest BCUT2D eigenvalue weighted by Gasteiger charge is 2.49. The van der Waals surface area contributed by atoms with Crippen molar-refractivity contribution in [3.63, 3.8) is 0 Å². The number of hydrogen-bond acceptors (Lipinski definition) is 4. The van der Waals surface area contributed by atoms with Crippen molar-refractivity contribution < 1.29 is 8.78 Å². The van der Waals surface area contributed by atoms with E-state index in [1.165, 1.54) is 32.1 Å². The maximum atomic E-state index is 16.1. The van der Waals surface area contributed by atoms with Crippen LogP contribution in [-0.2, 0) is 5.92 Å². The fourth-order valence-corrected chi connectivity index (χ4v) is 8.42. The summed E-state index contributed by atoms with van der Waals surface area (Å²) in [5.41, 5.74) is 6.79. The quantitative estimate of drug-likeness (QED) is 0.181. The zero-order chi connectivity index (χ0) is 28.5. The van der Waals surface area contributed by atoms with Gasteiger partial charge in [0, 0.05) is 29.3 Å². The number of piperidine rings is 1. The van der Waals surface area contributed by atoms with E-state index in [9.17, 15) is 0 Å². The first-order valence-corrected chi connectivity index (χ1v) is 15.6. The maximum absolute atomic E-state index is 16.1. The lowest BCUT2D eigenvalue weighted by atomic mass is 9.98. The number of H-pyrrole nitrogens is 2. The van der Waals surface area contributed by atoms with Gasteiger partial charge in [-0.25, -0.2) is 9.97 Å². The van der Waals surface area contributed by atoms with Gasteiger partial charge in [0.05, 0.1) is 35.0 Å².